The summed E-state index contributed by atoms with van der Waals surface area (Å²) in [5, 5.41) is 0.600. The minimum Gasteiger partial charge on any atom is -0.498 e. The van der Waals surface area contributed by atoms with Gasteiger partial charge in [-0.15, -0.1) is 0 Å². The summed E-state index contributed by atoms with van der Waals surface area (Å²) in [4.78, 5) is 11.4. The second-order valence-electron chi connectivity index (χ2n) is 3.69. The fourth-order valence-corrected chi connectivity index (χ4v) is 2.04. The van der Waals surface area contributed by atoms with E-state index in [0.717, 1.165) is 5.56 Å². The maximum Gasteiger partial charge on any atom is 0.334 e. The average molecular weight is 253 g/mol. The van der Waals surface area contributed by atoms with E-state index < -0.39 is 0 Å². The smallest absolute Gasteiger partial charge is 0.334 e. The van der Waals surface area contributed by atoms with Crippen LogP contribution < -0.4 is 0 Å². The Hall–Kier alpha value is -1.48. The van der Waals surface area contributed by atoms with E-state index in [2.05, 4.69) is 0 Å². The number of hydrogen-bond donors (Lipinski definition) is 0. The molecule has 1 unspecified atom stereocenters. The van der Waals surface area contributed by atoms with Crippen molar-refractivity contribution >= 4 is 17.6 Å². The first-order valence-electron chi connectivity index (χ1n) is 5.49. The zero-order valence-corrected chi connectivity index (χ0v) is 10.2. The molecule has 0 fully saturated rings. The fourth-order valence-electron chi connectivity index (χ4n) is 1.78. The number of benzene rings is 1. The lowest BCUT2D eigenvalue weighted by Crippen LogP contribution is -2.17. The van der Waals surface area contributed by atoms with Crippen LogP contribution in [0.4, 0.5) is 0 Å². The second kappa shape index (κ2) is 5.23. The van der Waals surface area contributed by atoms with Crippen molar-refractivity contribution in [1.82, 2.24) is 0 Å². The Morgan fingerprint density at radius 2 is 2.24 bits per heavy atom. The molecule has 1 aromatic rings. The molecule has 0 spiro atoms. The Morgan fingerprint density at radius 3 is 2.94 bits per heavy atom. The van der Waals surface area contributed by atoms with E-state index in [9.17, 15) is 4.79 Å². The highest BCUT2D eigenvalue weighted by Crippen LogP contribution is 2.33. The Bertz CT molecular complexity index is 454. The van der Waals surface area contributed by atoms with Crippen molar-refractivity contribution < 1.29 is 14.3 Å². The molecule has 1 atom stereocenters. The van der Waals surface area contributed by atoms with Gasteiger partial charge >= 0.3 is 5.97 Å². The van der Waals surface area contributed by atoms with Gasteiger partial charge in [0.05, 0.1) is 12.7 Å². The highest BCUT2D eigenvalue weighted by atomic mass is 35.5. The van der Waals surface area contributed by atoms with Crippen molar-refractivity contribution in [3.63, 3.8) is 0 Å². The van der Waals surface area contributed by atoms with Gasteiger partial charge < -0.3 is 9.47 Å². The number of esters is 1. The van der Waals surface area contributed by atoms with Crippen LogP contribution in [0.25, 0.3) is 0 Å². The second-order valence-corrected chi connectivity index (χ2v) is 4.10. The SMILES string of the molecule is CCOC1=CC(=O)OC(c2ccccc2Cl)C1. The van der Waals surface area contributed by atoms with E-state index in [1.165, 1.54) is 6.08 Å². The van der Waals surface area contributed by atoms with Gasteiger partial charge in [0.15, 0.2) is 0 Å². The molecule has 1 aliphatic rings. The predicted molar refractivity (Wildman–Crippen MR) is 64.6 cm³/mol. The van der Waals surface area contributed by atoms with Gasteiger partial charge in [0.2, 0.25) is 0 Å². The number of hydrogen-bond acceptors (Lipinski definition) is 3. The molecule has 1 aliphatic heterocycles. The van der Waals surface area contributed by atoms with Crippen LogP contribution in [-0.2, 0) is 14.3 Å². The molecule has 0 N–H and O–H groups in total. The standard InChI is InChI=1S/C13H13ClO3/c1-2-16-9-7-12(17-13(15)8-9)10-5-3-4-6-11(10)14/h3-6,8,12H,2,7H2,1H3. The van der Waals surface area contributed by atoms with E-state index in [-0.39, 0.29) is 12.1 Å². The molecule has 4 heteroatoms. The summed E-state index contributed by atoms with van der Waals surface area (Å²) in [5.41, 5.74) is 0.813. The molecule has 0 amide bonds. The van der Waals surface area contributed by atoms with E-state index >= 15 is 0 Å². The summed E-state index contributed by atoms with van der Waals surface area (Å²) in [6.45, 7) is 2.42. The first-order valence-corrected chi connectivity index (χ1v) is 5.87. The van der Waals surface area contributed by atoms with Gasteiger partial charge in [-0.05, 0) is 13.0 Å². The minimum atomic E-state index is -0.385. The van der Waals surface area contributed by atoms with Crippen molar-refractivity contribution in [3.8, 4) is 0 Å². The van der Waals surface area contributed by atoms with Gasteiger partial charge in [-0.3, -0.25) is 0 Å². The quantitative estimate of drug-likeness (QED) is 0.775. The van der Waals surface area contributed by atoms with Crippen LogP contribution in [0.2, 0.25) is 5.02 Å². The summed E-state index contributed by atoms with van der Waals surface area (Å²) in [5.74, 6) is 0.262. The van der Waals surface area contributed by atoms with Gasteiger partial charge in [-0.1, -0.05) is 29.8 Å². The largest absolute Gasteiger partial charge is 0.498 e. The van der Waals surface area contributed by atoms with Crippen molar-refractivity contribution in [3.05, 3.63) is 46.7 Å². The Labute approximate surface area is 105 Å². The lowest BCUT2D eigenvalue weighted by Gasteiger charge is -2.23. The first-order chi connectivity index (χ1) is 8.20. The Kier molecular flexibility index (Phi) is 3.69. The molecule has 3 nitrogen and oxygen atoms in total. The zero-order chi connectivity index (χ0) is 12.3. The molecule has 0 saturated heterocycles. The summed E-state index contributed by atoms with van der Waals surface area (Å²) in [6, 6.07) is 7.35. The molecular formula is C13H13ClO3. The number of ether oxygens (including phenoxy) is 2. The Morgan fingerprint density at radius 1 is 1.47 bits per heavy atom. The van der Waals surface area contributed by atoms with Gasteiger partial charge in [0, 0.05) is 17.0 Å². The van der Waals surface area contributed by atoms with Crippen LogP contribution in [0, 0.1) is 0 Å². The molecule has 1 heterocycles. The van der Waals surface area contributed by atoms with Crippen LogP contribution in [0.1, 0.15) is 25.0 Å². The maximum absolute atomic E-state index is 11.4. The summed E-state index contributed by atoms with van der Waals surface area (Å²) in [7, 11) is 0. The lowest BCUT2D eigenvalue weighted by atomic mass is 10.0. The fraction of sp³-hybridized carbons (Fsp3) is 0.308. The molecule has 0 radical (unpaired) electrons. The summed E-state index contributed by atoms with van der Waals surface area (Å²) >= 11 is 6.08. The average Bonchev–Trinajstić information content (AvgIpc) is 2.29. The van der Waals surface area contributed by atoms with Crippen LogP contribution in [0.15, 0.2) is 36.1 Å². The molecule has 0 saturated carbocycles. The number of halogens is 1. The van der Waals surface area contributed by atoms with Crippen molar-refractivity contribution in [2.24, 2.45) is 0 Å². The van der Waals surface area contributed by atoms with Crippen molar-refractivity contribution in [1.29, 1.82) is 0 Å². The normalized spacial score (nSPS) is 19.5. The highest BCUT2D eigenvalue weighted by molar-refractivity contribution is 6.31. The number of carbonyl (C=O) groups excluding carboxylic acids is 1. The summed E-state index contributed by atoms with van der Waals surface area (Å²) in [6.07, 6.45) is 1.56. The molecule has 1 aromatic carbocycles. The van der Waals surface area contributed by atoms with Gasteiger partial charge in [-0.25, -0.2) is 4.79 Å². The minimum absolute atomic E-state index is 0.359. The Balaban J connectivity index is 2.22. The summed E-state index contributed by atoms with van der Waals surface area (Å²) < 4.78 is 10.6. The van der Waals surface area contributed by atoms with Crippen LogP contribution >= 0.6 is 11.6 Å². The molecule has 2 rings (SSSR count). The predicted octanol–water partition coefficient (Wildman–Crippen LogP) is 3.25. The van der Waals surface area contributed by atoms with Gasteiger partial charge in [0.1, 0.15) is 11.9 Å². The van der Waals surface area contributed by atoms with Crippen LogP contribution in [0.5, 0.6) is 0 Å². The molecule has 0 aliphatic carbocycles. The monoisotopic (exact) mass is 252 g/mol. The number of rotatable bonds is 3. The van der Waals surface area contributed by atoms with E-state index in [0.29, 0.717) is 23.8 Å². The van der Waals surface area contributed by atoms with Gasteiger partial charge in [-0.2, -0.15) is 0 Å². The lowest BCUT2D eigenvalue weighted by molar-refractivity contribution is -0.145. The maximum atomic E-state index is 11.4. The van der Waals surface area contributed by atoms with Crippen molar-refractivity contribution in [2.45, 2.75) is 19.4 Å². The van der Waals surface area contributed by atoms with Crippen LogP contribution in [-0.4, -0.2) is 12.6 Å². The third kappa shape index (κ3) is 2.80. The third-order valence-corrected chi connectivity index (χ3v) is 2.85. The number of carbonyl (C=O) groups is 1. The van der Waals surface area contributed by atoms with Crippen LogP contribution in [0.3, 0.4) is 0 Å². The molecule has 0 bridgehead atoms. The van der Waals surface area contributed by atoms with Crippen molar-refractivity contribution in [2.75, 3.05) is 6.61 Å². The van der Waals surface area contributed by atoms with Gasteiger partial charge in [0.25, 0.3) is 0 Å². The molecule has 90 valence electrons. The van der Waals surface area contributed by atoms with E-state index in [4.69, 9.17) is 21.1 Å². The van der Waals surface area contributed by atoms with E-state index in [1.807, 2.05) is 25.1 Å². The highest BCUT2D eigenvalue weighted by Gasteiger charge is 2.25. The van der Waals surface area contributed by atoms with E-state index in [1.54, 1.807) is 6.07 Å². The molecular weight excluding hydrogens is 240 g/mol. The zero-order valence-electron chi connectivity index (χ0n) is 9.48. The molecule has 17 heavy (non-hydrogen) atoms. The molecule has 0 aromatic heterocycles. The first kappa shape index (κ1) is 12.0. The third-order valence-electron chi connectivity index (χ3n) is 2.51. The topological polar surface area (TPSA) is 35.5 Å². The number of cyclic esters (lactones) is 1.